The Kier molecular flexibility index (Phi) is 6.74. The first kappa shape index (κ1) is 16.2. The topological polar surface area (TPSA) is 120 Å². The summed E-state index contributed by atoms with van der Waals surface area (Å²) in [5.74, 6) is -1.39. The Hall–Kier alpha value is -1.87. The molecule has 1 aliphatic heterocycles. The molecule has 3 amide bonds. The molecule has 0 aromatic rings. The zero-order valence-electron chi connectivity index (χ0n) is 11.3. The van der Waals surface area contributed by atoms with E-state index in [1.165, 1.54) is 7.11 Å². The summed E-state index contributed by atoms with van der Waals surface area (Å²) in [6.45, 7) is 2.35. The number of methoxy groups -OCH3 is 1. The van der Waals surface area contributed by atoms with E-state index in [2.05, 4.69) is 20.7 Å². The number of aliphatic carboxylic acids is 1. The zero-order chi connectivity index (χ0) is 15.0. The van der Waals surface area contributed by atoms with Crippen molar-refractivity contribution < 1.29 is 24.2 Å². The van der Waals surface area contributed by atoms with E-state index in [0.29, 0.717) is 13.1 Å². The molecule has 0 aliphatic carbocycles. The van der Waals surface area contributed by atoms with Gasteiger partial charge in [-0.05, 0) is 0 Å². The summed E-state index contributed by atoms with van der Waals surface area (Å²) in [6, 6.07) is -1.85. The predicted molar refractivity (Wildman–Crippen MR) is 69.3 cm³/mol. The van der Waals surface area contributed by atoms with Gasteiger partial charge in [-0.15, -0.1) is 0 Å². The molecule has 1 fully saturated rings. The molecule has 0 saturated carbocycles. The molecule has 0 aromatic carbocycles. The molecule has 9 heteroatoms. The van der Waals surface area contributed by atoms with Crippen molar-refractivity contribution in [2.75, 3.05) is 46.4 Å². The van der Waals surface area contributed by atoms with Crippen LogP contribution in [0.4, 0.5) is 4.79 Å². The third kappa shape index (κ3) is 5.41. The smallest absolute Gasteiger partial charge is 0.328 e. The van der Waals surface area contributed by atoms with Gasteiger partial charge in [0.05, 0.1) is 13.2 Å². The number of rotatable bonds is 6. The Morgan fingerprint density at radius 1 is 1.35 bits per heavy atom. The van der Waals surface area contributed by atoms with Crippen molar-refractivity contribution in [3.8, 4) is 0 Å². The predicted octanol–water partition coefficient (Wildman–Crippen LogP) is -2.18. The molecule has 1 heterocycles. The maximum Gasteiger partial charge on any atom is 0.328 e. The van der Waals surface area contributed by atoms with Crippen LogP contribution >= 0.6 is 0 Å². The molecule has 20 heavy (non-hydrogen) atoms. The highest BCUT2D eigenvalue weighted by Crippen LogP contribution is 1.92. The second-order valence-corrected chi connectivity index (χ2v) is 4.30. The van der Waals surface area contributed by atoms with Crippen LogP contribution in [0.3, 0.4) is 0 Å². The van der Waals surface area contributed by atoms with E-state index < -0.39 is 18.0 Å². The normalized spacial score (nSPS) is 16.4. The van der Waals surface area contributed by atoms with Crippen LogP contribution in [0.25, 0.3) is 0 Å². The fraction of sp³-hybridized carbons (Fsp3) is 0.727. The molecule has 9 nitrogen and oxygen atoms in total. The maximum absolute atomic E-state index is 11.8. The van der Waals surface area contributed by atoms with Gasteiger partial charge >= 0.3 is 12.0 Å². The highest BCUT2D eigenvalue weighted by atomic mass is 16.5. The monoisotopic (exact) mass is 288 g/mol. The first-order chi connectivity index (χ1) is 9.54. The van der Waals surface area contributed by atoms with Gasteiger partial charge in [0, 0.05) is 33.3 Å². The zero-order valence-corrected chi connectivity index (χ0v) is 11.3. The maximum atomic E-state index is 11.8. The van der Waals surface area contributed by atoms with Crippen LogP contribution in [0.1, 0.15) is 0 Å². The van der Waals surface area contributed by atoms with Crippen molar-refractivity contribution in [2.24, 2.45) is 0 Å². The summed E-state index contributed by atoms with van der Waals surface area (Å²) in [5.41, 5.74) is 0. The van der Waals surface area contributed by atoms with E-state index in [1.54, 1.807) is 4.90 Å². The van der Waals surface area contributed by atoms with Gasteiger partial charge in [0.25, 0.3) is 0 Å². The number of carboxylic acids is 1. The molecule has 0 spiro atoms. The fourth-order valence-corrected chi connectivity index (χ4v) is 1.73. The average molecular weight is 288 g/mol. The quantitative estimate of drug-likeness (QED) is 0.441. The van der Waals surface area contributed by atoms with Gasteiger partial charge in [-0.3, -0.25) is 4.79 Å². The minimum absolute atomic E-state index is 0.144. The number of amides is 3. The number of carbonyl (C=O) groups is 3. The Balaban J connectivity index is 2.30. The average Bonchev–Trinajstić information content (AvgIpc) is 2.45. The lowest BCUT2D eigenvalue weighted by Gasteiger charge is -2.27. The molecule has 1 saturated heterocycles. The van der Waals surface area contributed by atoms with E-state index in [4.69, 9.17) is 5.11 Å². The van der Waals surface area contributed by atoms with Crippen LogP contribution in [0.2, 0.25) is 0 Å². The first-order valence-corrected chi connectivity index (χ1v) is 6.29. The molecule has 4 N–H and O–H groups in total. The van der Waals surface area contributed by atoms with E-state index in [-0.39, 0.29) is 19.1 Å². The molecular formula is C11H20N4O5. The summed E-state index contributed by atoms with van der Waals surface area (Å²) in [7, 11) is 1.34. The van der Waals surface area contributed by atoms with E-state index in [1.807, 2.05) is 0 Å². The summed E-state index contributed by atoms with van der Waals surface area (Å²) in [5, 5.41) is 16.5. The van der Waals surface area contributed by atoms with Crippen LogP contribution in [0, 0.1) is 0 Å². The molecule has 1 aliphatic rings. The van der Waals surface area contributed by atoms with Gasteiger partial charge in [0.1, 0.15) is 0 Å². The summed E-state index contributed by atoms with van der Waals surface area (Å²) in [4.78, 5) is 35.7. The van der Waals surface area contributed by atoms with Crippen LogP contribution in [0.15, 0.2) is 0 Å². The van der Waals surface area contributed by atoms with Crippen molar-refractivity contribution in [2.45, 2.75) is 6.04 Å². The third-order valence-corrected chi connectivity index (χ3v) is 2.81. The van der Waals surface area contributed by atoms with Gasteiger partial charge in [0.15, 0.2) is 6.04 Å². The largest absolute Gasteiger partial charge is 0.480 e. The first-order valence-electron chi connectivity index (χ1n) is 6.29. The number of ether oxygens (including phenoxy) is 1. The number of hydrogen-bond acceptors (Lipinski definition) is 5. The highest BCUT2D eigenvalue weighted by molar-refractivity contribution is 5.86. The van der Waals surface area contributed by atoms with E-state index >= 15 is 0 Å². The molecule has 1 unspecified atom stereocenters. The molecule has 0 aromatic heterocycles. The van der Waals surface area contributed by atoms with Gasteiger partial charge < -0.3 is 30.7 Å². The second-order valence-electron chi connectivity index (χ2n) is 4.30. The minimum atomic E-state index is -1.20. The summed E-state index contributed by atoms with van der Waals surface area (Å²) in [6.07, 6.45) is 0. The van der Waals surface area contributed by atoms with Crippen LogP contribution in [0.5, 0.6) is 0 Å². The van der Waals surface area contributed by atoms with Crippen molar-refractivity contribution in [1.29, 1.82) is 0 Å². The highest BCUT2D eigenvalue weighted by Gasteiger charge is 2.21. The van der Waals surface area contributed by atoms with Gasteiger partial charge in [0.2, 0.25) is 5.91 Å². The molecule has 1 rings (SSSR count). The van der Waals surface area contributed by atoms with E-state index in [9.17, 15) is 14.4 Å². The lowest BCUT2D eigenvalue weighted by Crippen LogP contribution is -2.52. The Labute approximate surface area is 116 Å². The minimum Gasteiger partial charge on any atom is -0.480 e. The number of carboxylic acid groups (broad SMARTS) is 1. The molecule has 0 bridgehead atoms. The number of nitrogens with zero attached hydrogens (tertiary/aromatic N) is 1. The second kappa shape index (κ2) is 8.33. The number of urea groups is 1. The van der Waals surface area contributed by atoms with Crippen molar-refractivity contribution in [1.82, 2.24) is 20.9 Å². The molecular weight excluding hydrogens is 268 g/mol. The molecule has 1 atom stereocenters. The fourth-order valence-electron chi connectivity index (χ4n) is 1.73. The SMILES string of the molecule is COCC(NC(=O)NCC(=O)N1CCNCC1)C(=O)O. The van der Waals surface area contributed by atoms with Gasteiger partial charge in [-0.1, -0.05) is 0 Å². The Morgan fingerprint density at radius 3 is 2.55 bits per heavy atom. The van der Waals surface area contributed by atoms with Crippen molar-refractivity contribution >= 4 is 17.9 Å². The van der Waals surface area contributed by atoms with E-state index in [0.717, 1.165) is 13.1 Å². The lowest BCUT2D eigenvalue weighted by molar-refractivity contribution is -0.140. The third-order valence-electron chi connectivity index (χ3n) is 2.81. The molecule has 114 valence electrons. The number of nitrogens with one attached hydrogen (secondary N) is 3. The van der Waals surface area contributed by atoms with Gasteiger partial charge in [-0.2, -0.15) is 0 Å². The van der Waals surface area contributed by atoms with Gasteiger partial charge in [-0.25, -0.2) is 9.59 Å². The van der Waals surface area contributed by atoms with Crippen LogP contribution in [-0.4, -0.2) is 80.4 Å². The standard InChI is InChI=1S/C11H20N4O5/c1-20-7-8(10(17)18)14-11(19)13-6-9(16)15-4-2-12-3-5-15/h8,12H,2-7H2,1H3,(H,17,18)(H2,13,14,19). The summed E-state index contributed by atoms with van der Waals surface area (Å²) >= 11 is 0. The number of piperazine rings is 1. The van der Waals surface area contributed by atoms with Crippen molar-refractivity contribution in [3.63, 3.8) is 0 Å². The molecule has 0 radical (unpaired) electrons. The van der Waals surface area contributed by atoms with Crippen molar-refractivity contribution in [3.05, 3.63) is 0 Å². The number of carbonyl (C=O) groups excluding carboxylic acids is 2. The summed E-state index contributed by atoms with van der Waals surface area (Å²) < 4.78 is 4.68. The Morgan fingerprint density at radius 2 is 2.00 bits per heavy atom. The Bertz CT molecular complexity index is 357. The van der Waals surface area contributed by atoms with Crippen LogP contribution in [-0.2, 0) is 14.3 Å². The number of hydrogen-bond donors (Lipinski definition) is 4. The lowest BCUT2D eigenvalue weighted by atomic mass is 10.3. The van der Waals surface area contributed by atoms with Crippen LogP contribution < -0.4 is 16.0 Å².